The molecule has 0 fully saturated rings. The zero-order valence-electron chi connectivity index (χ0n) is 13.4. The minimum atomic E-state index is 0.429. The molecule has 2 unspecified atom stereocenters. The Morgan fingerprint density at radius 1 is 1.19 bits per heavy atom. The largest absolute Gasteiger partial charge is 0.338 e. The van der Waals surface area contributed by atoms with E-state index in [9.17, 15) is 0 Å². The summed E-state index contributed by atoms with van der Waals surface area (Å²) >= 11 is 0. The lowest BCUT2D eigenvalue weighted by Gasteiger charge is -2.28. The van der Waals surface area contributed by atoms with Gasteiger partial charge in [-0.3, -0.25) is 0 Å². The maximum Gasteiger partial charge on any atom is 0.109 e. The molecule has 2 atom stereocenters. The summed E-state index contributed by atoms with van der Waals surface area (Å²) in [5, 5.41) is 3.73. The van der Waals surface area contributed by atoms with Crippen LogP contribution in [0.4, 0.5) is 0 Å². The highest BCUT2D eigenvalue weighted by atomic mass is 15.0. The second kappa shape index (κ2) is 7.99. The lowest BCUT2D eigenvalue weighted by atomic mass is 9.87. The number of aromatic nitrogens is 2. The van der Waals surface area contributed by atoms with Crippen molar-refractivity contribution in [2.75, 3.05) is 6.54 Å². The van der Waals surface area contributed by atoms with Gasteiger partial charge in [0.15, 0.2) is 0 Å². The Morgan fingerprint density at radius 3 is 2.52 bits per heavy atom. The summed E-state index contributed by atoms with van der Waals surface area (Å²) in [7, 11) is 2.07. The number of hydrogen-bond donors (Lipinski definition) is 1. The molecule has 21 heavy (non-hydrogen) atoms. The summed E-state index contributed by atoms with van der Waals surface area (Å²) < 4.78 is 2.12. The monoisotopic (exact) mass is 285 g/mol. The predicted octanol–water partition coefficient (Wildman–Crippen LogP) is 3.52. The van der Waals surface area contributed by atoms with E-state index in [-0.39, 0.29) is 0 Å². The third-order valence-corrected chi connectivity index (χ3v) is 4.13. The third kappa shape index (κ3) is 4.18. The van der Waals surface area contributed by atoms with Gasteiger partial charge in [-0.15, -0.1) is 0 Å². The van der Waals surface area contributed by atoms with Crippen LogP contribution < -0.4 is 5.32 Å². The summed E-state index contributed by atoms with van der Waals surface area (Å²) in [5.74, 6) is 1.67. The zero-order chi connectivity index (χ0) is 15.1. The first-order chi connectivity index (χ1) is 10.3. The number of nitrogens with one attached hydrogen (secondary N) is 1. The topological polar surface area (TPSA) is 29.9 Å². The van der Waals surface area contributed by atoms with E-state index in [2.05, 4.69) is 66.1 Å². The van der Waals surface area contributed by atoms with Crippen molar-refractivity contribution in [1.82, 2.24) is 14.9 Å². The molecule has 1 aromatic heterocycles. The Balaban J connectivity index is 2.19. The highest BCUT2D eigenvalue weighted by molar-refractivity contribution is 5.22. The van der Waals surface area contributed by atoms with Crippen LogP contribution in [0.5, 0.6) is 0 Å². The van der Waals surface area contributed by atoms with Crippen LogP contribution in [-0.4, -0.2) is 22.1 Å². The van der Waals surface area contributed by atoms with Crippen LogP contribution in [0.3, 0.4) is 0 Å². The number of nitrogens with zero attached hydrogens (tertiary/aromatic N) is 2. The molecule has 0 radical (unpaired) electrons. The Hall–Kier alpha value is -1.61. The molecule has 1 aromatic carbocycles. The molecule has 3 nitrogen and oxygen atoms in total. The van der Waals surface area contributed by atoms with Crippen LogP contribution in [0.15, 0.2) is 42.7 Å². The van der Waals surface area contributed by atoms with Gasteiger partial charge in [-0.2, -0.15) is 0 Å². The number of rotatable bonds is 8. The minimum Gasteiger partial charge on any atom is -0.338 e. The first-order valence-corrected chi connectivity index (χ1v) is 8.00. The fraction of sp³-hybridized carbons (Fsp3) is 0.500. The molecule has 1 N–H and O–H groups in total. The lowest BCUT2D eigenvalue weighted by Crippen LogP contribution is -2.38. The van der Waals surface area contributed by atoms with Crippen molar-refractivity contribution < 1.29 is 0 Å². The second-order valence-electron chi connectivity index (χ2n) is 5.64. The molecular formula is C18H27N3. The van der Waals surface area contributed by atoms with Crippen molar-refractivity contribution >= 4 is 0 Å². The quantitative estimate of drug-likeness (QED) is 0.804. The Kier molecular flexibility index (Phi) is 6.00. The molecule has 114 valence electrons. The molecule has 2 rings (SSSR count). The minimum absolute atomic E-state index is 0.429. The van der Waals surface area contributed by atoms with Crippen molar-refractivity contribution in [2.24, 2.45) is 7.05 Å². The molecular weight excluding hydrogens is 258 g/mol. The van der Waals surface area contributed by atoms with E-state index in [1.165, 1.54) is 5.56 Å². The molecule has 0 amide bonds. The maximum atomic E-state index is 4.50. The molecule has 0 aliphatic carbocycles. The summed E-state index contributed by atoms with van der Waals surface area (Å²) in [5.41, 5.74) is 1.42. The lowest BCUT2D eigenvalue weighted by molar-refractivity contribution is 0.410. The van der Waals surface area contributed by atoms with Gasteiger partial charge < -0.3 is 9.88 Å². The van der Waals surface area contributed by atoms with Crippen LogP contribution in [-0.2, 0) is 13.5 Å². The molecule has 0 spiro atoms. The highest BCUT2D eigenvalue weighted by Crippen LogP contribution is 2.25. The van der Waals surface area contributed by atoms with Crippen molar-refractivity contribution in [3.8, 4) is 0 Å². The molecule has 1 heterocycles. The molecule has 0 bridgehead atoms. The highest BCUT2D eigenvalue weighted by Gasteiger charge is 2.22. The van der Waals surface area contributed by atoms with E-state index in [1.54, 1.807) is 0 Å². The molecule has 0 saturated carbocycles. The van der Waals surface area contributed by atoms with Gasteiger partial charge in [0.2, 0.25) is 0 Å². The molecule has 0 aliphatic rings. The Labute approximate surface area is 128 Å². The second-order valence-corrected chi connectivity index (χ2v) is 5.64. The van der Waals surface area contributed by atoms with E-state index >= 15 is 0 Å². The van der Waals surface area contributed by atoms with E-state index in [0.29, 0.717) is 12.0 Å². The van der Waals surface area contributed by atoms with Gasteiger partial charge in [-0.25, -0.2) is 4.98 Å². The number of benzene rings is 1. The first kappa shape index (κ1) is 15.8. The normalized spacial score (nSPS) is 14.0. The van der Waals surface area contributed by atoms with Crippen LogP contribution in [0.25, 0.3) is 0 Å². The summed E-state index contributed by atoms with van der Waals surface area (Å²) in [6, 6.07) is 11.3. The van der Waals surface area contributed by atoms with E-state index in [0.717, 1.165) is 31.6 Å². The standard InChI is InChI=1S/C18H27N3/c1-4-11-19-17(14-18-20-12-13-21(18)3)16(5-2)15-9-7-6-8-10-15/h6-10,12-13,16-17,19H,4-5,11,14H2,1-3H3. The third-order valence-electron chi connectivity index (χ3n) is 4.13. The van der Waals surface area contributed by atoms with Gasteiger partial charge in [0.1, 0.15) is 5.82 Å². The van der Waals surface area contributed by atoms with Gasteiger partial charge in [0, 0.05) is 31.9 Å². The van der Waals surface area contributed by atoms with Gasteiger partial charge in [-0.05, 0) is 30.9 Å². The van der Waals surface area contributed by atoms with Crippen LogP contribution in [0.2, 0.25) is 0 Å². The van der Waals surface area contributed by atoms with Crippen LogP contribution in [0.1, 0.15) is 44.0 Å². The van der Waals surface area contributed by atoms with Gasteiger partial charge in [0.05, 0.1) is 0 Å². The fourth-order valence-corrected chi connectivity index (χ4v) is 2.93. The average molecular weight is 285 g/mol. The predicted molar refractivity (Wildman–Crippen MR) is 88.5 cm³/mol. The molecule has 2 aromatic rings. The SMILES string of the molecule is CCCNC(Cc1nccn1C)C(CC)c1ccccc1. The molecule has 3 heteroatoms. The Bertz CT molecular complexity index is 518. The van der Waals surface area contributed by atoms with Crippen molar-refractivity contribution in [1.29, 1.82) is 0 Å². The van der Waals surface area contributed by atoms with Crippen molar-refractivity contribution in [3.05, 3.63) is 54.1 Å². The van der Waals surface area contributed by atoms with E-state index in [1.807, 2.05) is 12.4 Å². The van der Waals surface area contributed by atoms with Crippen LogP contribution >= 0.6 is 0 Å². The molecule has 0 aliphatic heterocycles. The van der Waals surface area contributed by atoms with Gasteiger partial charge >= 0.3 is 0 Å². The van der Waals surface area contributed by atoms with E-state index in [4.69, 9.17) is 0 Å². The van der Waals surface area contributed by atoms with Crippen molar-refractivity contribution in [3.63, 3.8) is 0 Å². The summed E-state index contributed by atoms with van der Waals surface area (Å²) in [6.07, 6.45) is 7.17. The first-order valence-electron chi connectivity index (χ1n) is 8.00. The molecule has 0 saturated heterocycles. The zero-order valence-corrected chi connectivity index (χ0v) is 13.4. The van der Waals surface area contributed by atoms with Gasteiger partial charge in [-0.1, -0.05) is 44.2 Å². The van der Waals surface area contributed by atoms with Crippen LogP contribution in [0, 0.1) is 0 Å². The summed E-state index contributed by atoms with van der Waals surface area (Å²) in [4.78, 5) is 4.50. The smallest absolute Gasteiger partial charge is 0.109 e. The average Bonchev–Trinajstić information content (AvgIpc) is 2.91. The Morgan fingerprint density at radius 2 is 1.95 bits per heavy atom. The fourth-order valence-electron chi connectivity index (χ4n) is 2.93. The number of hydrogen-bond acceptors (Lipinski definition) is 2. The summed E-state index contributed by atoms with van der Waals surface area (Å²) in [6.45, 7) is 5.55. The van der Waals surface area contributed by atoms with E-state index < -0.39 is 0 Å². The number of imidazole rings is 1. The number of aryl methyl sites for hydroxylation is 1. The van der Waals surface area contributed by atoms with Crippen molar-refractivity contribution in [2.45, 2.75) is 45.1 Å². The van der Waals surface area contributed by atoms with Gasteiger partial charge in [0.25, 0.3) is 0 Å². The maximum absolute atomic E-state index is 4.50.